The van der Waals surface area contributed by atoms with Crippen molar-refractivity contribution in [2.45, 2.75) is 46.1 Å². The van der Waals surface area contributed by atoms with Crippen molar-refractivity contribution in [2.75, 3.05) is 13.2 Å². The molecule has 0 aliphatic carbocycles. The van der Waals surface area contributed by atoms with Crippen LogP contribution in [0.15, 0.2) is 28.8 Å². The zero-order chi connectivity index (χ0) is 17.4. The first kappa shape index (κ1) is 18.1. The monoisotopic (exact) mass is 331 g/mol. The van der Waals surface area contributed by atoms with Gasteiger partial charge in [0.1, 0.15) is 0 Å². The summed E-state index contributed by atoms with van der Waals surface area (Å²) in [6.45, 7) is 7.27. The van der Waals surface area contributed by atoms with Crippen LogP contribution in [0.4, 0.5) is 0 Å². The molecule has 0 bridgehead atoms. The van der Waals surface area contributed by atoms with Crippen molar-refractivity contribution in [3.63, 3.8) is 0 Å². The SMILES string of the molecule is Cc1cccc(-c2noc(CCC(=O)NCCCOC(C)C)n2)c1. The molecule has 0 aliphatic rings. The third kappa shape index (κ3) is 6.12. The zero-order valence-corrected chi connectivity index (χ0v) is 14.5. The summed E-state index contributed by atoms with van der Waals surface area (Å²) in [6, 6.07) is 7.91. The van der Waals surface area contributed by atoms with Gasteiger partial charge in [-0.1, -0.05) is 28.9 Å². The zero-order valence-electron chi connectivity index (χ0n) is 14.5. The van der Waals surface area contributed by atoms with Crippen LogP contribution in [0.2, 0.25) is 0 Å². The van der Waals surface area contributed by atoms with Gasteiger partial charge in [0.05, 0.1) is 6.10 Å². The second-order valence-corrected chi connectivity index (χ2v) is 6.00. The topological polar surface area (TPSA) is 77.2 Å². The Hall–Kier alpha value is -2.21. The maximum Gasteiger partial charge on any atom is 0.227 e. The number of rotatable bonds is 9. The second kappa shape index (κ2) is 9.17. The van der Waals surface area contributed by atoms with Crippen molar-refractivity contribution in [1.82, 2.24) is 15.5 Å². The van der Waals surface area contributed by atoms with Gasteiger partial charge in [0.25, 0.3) is 0 Å². The molecule has 1 aromatic carbocycles. The van der Waals surface area contributed by atoms with E-state index in [-0.39, 0.29) is 12.0 Å². The number of amides is 1. The van der Waals surface area contributed by atoms with Crippen LogP contribution in [0.3, 0.4) is 0 Å². The average Bonchev–Trinajstić information content (AvgIpc) is 3.01. The molecule has 2 aromatic rings. The lowest BCUT2D eigenvalue weighted by molar-refractivity contribution is -0.121. The standard InChI is InChI=1S/C18H25N3O3/c1-13(2)23-11-5-10-19-16(22)8-9-17-20-18(21-24-17)15-7-4-6-14(3)12-15/h4,6-7,12-13H,5,8-11H2,1-3H3,(H,19,22). The van der Waals surface area contributed by atoms with E-state index in [0.29, 0.717) is 37.7 Å². The second-order valence-electron chi connectivity index (χ2n) is 6.00. The lowest BCUT2D eigenvalue weighted by atomic mass is 10.1. The molecule has 1 aromatic heterocycles. The first-order valence-corrected chi connectivity index (χ1v) is 8.32. The first-order valence-electron chi connectivity index (χ1n) is 8.32. The summed E-state index contributed by atoms with van der Waals surface area (Å²) in [4.78, 5) is 16.1. The number of nitrogens with one attached hydrogen (secondary N) is 1. The highest BCUT2D eigenvalue weighted by molar-refractivity contribution is 5.75. The van der Waals surface area contributed by atoms with E-state index in [1.807, 2.05) is 45.0 Å². The van der Waals surface area contributed by atoms with Crippen molar-refractivity contribution in [3.05, 3.63) is 35.7 Å². The Morgan fingerprint density at radius 1 is 1.38 bits per heavy atom. The number of ether oxygens (including phenoxy) is 1. The molecule has 1 N–H and O–H groups in total. The number of hydrogen-bond donors (Lipinski definition) is 1. The summed E-state index contributed by atoms with van der Waals surface area (Å²) >= 11 is 0. The van der Waals surface area contributed by atoms with Gasteiger partial charge in [-0.15, -0.1) is 0 Å². The number of nitrogens with zero attached hydrogens (tertiary/aromatic N) is 2. The van der Waals surface area contributed by atoms with E-state index in [1.54, 1.807) is 0 Å². The van der Waals surface area contributed by atoms with Crippen molar-refractivity contribution in [2.24, 2.45) is 0 Å². The summed E-state index contributed by atoms with van der Waals surface area (Å²) < 4.78 is 10.6. The van der Waals surface area contributed by atoms with Gasteiger partial charge < -0.3 is 14.6 Å². The molecule has 0 fully saturated rings. The molecule has 130 valence electrons. The normalized spacial score (nSPS) is 11.0. The van der Waals surface area contributed by atoms with Gasteiger partial charge in [-0.2, -0.15) is 4.98 Å². The van der Waals surface area contributed by atoms with Crippen LogP contribution >= 0.6 is 0 Å². The lowest BCUT2D eigenvalue weighted by Crippen LogP contribution is -2.25. The molecule has 2 rings (SSSR count). The predicted octanol–water partition coefficient (Wildman–Crippen LogP) is 2.91. The summed E-state index contributed by atoms with van der Waals surface area (Å²) in [6.07, 6.45) is 1.80. The molecule has 0 saturated heterocycles. The van der Waals surface area contributed by atoms with Gasteiger partial charge in [-0.05, 0) is 33.3 Å². The lowest BCUT2D eigenvalue weighted by Gasteiger charge is -2.07. The Bertz CT molecular complexity index is 652. The van der Waals surface area contributed by atoms with Crippen LogP contribution in [0.1, 0.15) is 38.1 Å². The van der Waals surface area contributed by atoms with Crippen molar-refractivity contribution in [3.8, 4) is 11.4 Å². The quantitative estimate of drug-likeness (QED) is 0.715. The van der Waals surface area contributed by atoms with E-state index in [1.165, 1.54) is 0 Å². The minimum atomic E-state index is -0.0187. The molecule has 1 amide bonds. The Balaban J connectivity index is 1.72. The predicted molar refractivity (Wildman–Crippen MR) is 91.5 cm³/mol. The van der Waals surface area contributed by atoms with Gasteiger partial charge >= 0.3 is 0 Å². The maximum absolute atomic E-state index is 11.8. The van der Waals surface area contributed by atoms with Crippen LogP contribution in [-0.4, -0.2) is 35.3 Å². The fourth-order valence-corrected chi connectivity index (χ4v) is 2.19. The molecule has 0 saturated carbocycles. The van der Waals surface area contributed by atoms with Gasteiger partial charge in [0, 0.05) is 31.6 Å². The Kier molecular flexibility index (Phi) is 6.93. The third-order valence-electron chi connectivity index (χ3n) is 3.40. The molecular formula is C18H25N3O3. The van der Waals surface area contributed by atoms with E-state index in [9.17, 15) is 4.79 Å². The Morgan fingerprint density at radius 3 is 2.96 bits per heavy atom. The molecule has 0 aliphatic heterocycles. The number of carbonyl (C=O) groups is 1. The molecule has 0 unspecified atom stereocenters. The van der Waals surface area contributed by atoms with Crippen LogP contribution in [0.25, 0.3) is 11.4 Å². The fraction of sp³-hybridized carbons (Fsp3) is 0.500. The van der Waals surface area contributed by atoms with Crippen molar-refractivity contribution < 1.29 is 14.1 Å². The van der Waals surface area contributed by atoms with E-state index >= 15 is 0 Å². The minimum Gasteiger partial charge on any atom is -0.379 e. The number of hydrogen-bond acceptors (Lipinski definition) is 5. The maximum atomic E-state index is 11.8. The van der Waals surface area contributed by atoms with E-state index < -0.39 is 0 Å². The van der Waals surface area contributed by atoms with Gasteiger partial charge in [-0.3, -0.25) is 4.79 Å². The van der Waals surface area contributed by atoms with E-state index in [4.69, 9.17) is 9.26 Å². The molecule has 0 radical (unpaired) electrons. The van der Waals surface area contributed by atoms with Crippen molar-refractivity contribution in [1.29, 1.82) is 0 Å². The molecule has 6 nitrogen and oxygen atoms in total. The summed E-state index contributed by atoms with van der Waals surface area (Å²) in [5.41, 5.74) is 2.05. The van der Waals surface area contributed by atoms with E-state index in [0.717, 1.165) is 17.5 Å². The number of benzene rings is 1. The summed E-state index contributed by atoms with van der Waals surface area (Å²) in [7, 11) is 0. The highest BCUT2D eigenvalue weighted by Gasteiger charge is 2.10. The van der Waals surface area contributed by atoms with Gasteiger partial charge in [0.15, 0.2) is 0 Å². The number of carbonyl (C=O) groups excluding carboxylic acids is 1. The molecule has 24 heavy (non-hydrogen) atoms. The van der Waals surface area contributed by atoms with Gasteiger partial charge in [0.2, 0.25) is 17.6 Å². The number of aromatic nitrogens is 2. The third-order valence-corrected chi connectivity index (χ3v) is 3.40. The average molecular weight is 331 g/mol. The van der Waals surface area contributed by atoms with Crippen LogP contribution < -0.4 is 5.32 Å². The largest absolute Gasteiger partial charge is 0.379 e. The molecule has 6 heteroatoms. The molecule has 0 spiro atoms. The first-order chi connectivity index (χ1) is 11.5. The highest BCUT2D eigenvalue weighted by Crippen LogP contribution is 2.17. The minimum absolute atomic E-state index is 0.0187. The molecular weight excluding hydrogens is 306 g/mol. The fourth-order valence-electron chi connectivity index (χ4n) is 2.19. The van der Waals surface area contributed by atoms with Gasteiger partial charge in [-0.25, -0.2) is 0 Å². The molecule has 0 atom stereocenters. The van der Waals surface area contributed by atoms with Crippen molar-refractivity contribution >= 4 is 5.91 Å². The highest BCUT2D eigenvalue weighted by atomic mass is 16.5. The van der Waals surface area contributed by atoms with Crippen LogP contribution in [0, 0.1) is 6.92 Å². The van der Waals surface area contributed by atoms with E-state index in [2.05, 4.69) is 15.5 Å². The molecule has 1 heterocycles. The van der Waals surface area contributed by atoms with Crippen LogP contribution in [-0.2, 0) is 16.0 Å². The summed E-state index contributed by atoms with van der Waals surface area (Å²) in [5, 5.41) is 6.84. The number of aryl methyl sites for hydroxylation is 2. The van der Waals surface area contributed by atoms with Crippen LogP contribution in [0.5, 0.6) is 0 Å². The smallest absolute Gasteiger partial charge is 0.227 e. The Morgan fingerprint density at radius 2 is 2.21 bits per heavy atom. The Labute approximate surface area is 142 Å². The summed E-state index contributed by atoms with van der Waals surface area (Å²) in [5.74, 6) is 1.01.